The van der Waals surface area contributed by atoms with Gasteiger partial charge in [0.1, 0.15) is 11.4 Å². The van der Waals surface area contributed by atoms with Crippen molar-refractivity contribution >= 4 is 11.7 Å². The highest BCUT2D eigenvalue weighted by molar-refractivity contribution is 6.01. The van der Waals surface area contributed by atoms with Gasteiger partial charge in [-0.3, -0.25) is 14.6 Å². The smallest absolute Gasteiger partial charge is 0.454 e. The van der Waals surface area contributed by atoms with Crippen LogP contribution in [0.5, 0.6) is 5.75 Å². The molecule has 2 heterocycles. The van der Waals surface area contributed by atoms with Gasteiger partial charge in [0, 0.05) is 23.7 Å². The van der Waals surface area contributed by atoms with Crippen LogP contribution in [0.3, 0.4) is 0 Å². The van der Waals surface area contributed by atoms with E-state index in [1.54, 1.807) is 18.3 Å². The number of ketones is 1. The zero-order valence-electron chi connectivity index (χ0n) is 12.8. The molecule has 1 aromatic carbocycles. The number of hydrogen-bond donors (Lipinski definition) is 1. The van der Waals surface area contributed by atoms with Gasteiger partial charge in [0.05, 0.1) is 12.6 Å². The molecule has 2 aromatic rings. The zero-order chi connectivity index (χ0) is 18.0. The van der Waals surface area contributed by atoms with E-state index in [0.29, 0.717) is 24.5 Å². The third kappa shape index (κ3) is 3.62. The predicted octanol–water partition coefficient (Wildman–Crippen LogP) is 3.08. The number of Topliss-reactive ketones (excluding diaryl/α,β-unsaturated/α-hetero) is 1. The van der Waals surface area contributed by atoms with Crippen molar-refractivity contribution in [3.8, 4) is 5.75 Å². The number of amides is 1. The number of halogens is 3. The van der Waals surface area contributed by atoms with Gasteiger partial charge < -0.3 is 10.1 Å². The van der Waals surface area contributed by atoms with Gasteiger partial charge >= 0.3 is 6.18 Å². The van der Waals surface area contributed by atoms with E-state index in [4.69, 9.17) is 4.74 Å². The van der Waals surface area contributed by atoms with Crippen molar-refractivity contribution in [2.24, 2.45) is 0 Å². The second kappa shape index (κ2) is 6.54. The Bertz CT molecular complexity index is 804. The van der Waals surface area contributed by atoms with Crippen LogP contribution in [0.25, 0.3) is 0 Å². The molecule has 0 aliphatic carbocycles. The molecule has 0 bridgehead atoms. The van der Waals surface area contributed by atoms with Crippen molar-refractivity contribution in [1.82, 2.24) is 10.3 Å². The van der Waals surface area contributed by atoms with E-state index in [-0.39, 0.29) is 11.6 Å². The van der Waals surface area contributed by atoms with Gasteiger partial charge in [0.2, 0.25) is 0 Å². The van der Waals surface area contributed by atoms with Gasteiger partial charge in [0.25, 0.3) is 11.7 Å². The first-order chi connectivity index (χ1) is 11.9. The summed E-state index contributed by atoms with van der Waals surface area (Å²) >= 11 is 0. The maximum absolute atomic E-state index is 12.4. The molecule has 1 aromatic heterocycles. The number of benzene rings is 1. The standard InChI is InChI=1S/C17H13F3N2O3/c18-17(19,20)15(23)10-3-5-11(6-4-10)16(24)22-12-7-9-25-13-2-1-8-21-14(12)13/h1-6,8,12H,7,9H2,(H,22,24). The first kappa shape index (κ1) is 16.9. The second-order valence-electron chi connectivity index (χ2n) is 5.45. The fraction of sp³-hybridized carbons (Fsp3) is 0.235. The summed E-state index contributed by atoms with van der Waals surface area (Å²) < 4.78 is 42.6. The molecule has 1 aliphatic heterocycles. The van der Waals surface area contributed by atoms with Gasteiger partial charge in [0.15, 0.2) is 0 Å². The number of aromatic nitrogens is 1. The van der Waals surface area contributed by atoms with Crippen LogP contribution in [-0.2, 0) is 0 Å². The minimum absolute atomic E-state index is 0.155. The molecule has 25 heavy (non-hydrogen) atoms. The third-order valence-corrected chi connectivity index (χ3v) is 3.77. The van der Waals surface area contributed by atoms with Crippen LogP contribution in [-0.4, -0.2) is 29.5 Å². The predicted molar refractivity (Wildman–Crippen MR) is 81.4 cm³/mol. The van der Waals surface area contributed by atoms with Crippen LogP contribution in [0, 0.1) is 0 Å². The molecule has 0 spiro atoms. The molecule has 1 atom stereocenters. The monoisotopic (exact) mass is 350 g/mol. The average Bonchev–Trinajstić information content (AvgIpc) is 2.61. The summed E-state index contributed by atoms with van der Waals surface area (Å²) in [6.07, 6.45) is -2.83. The van der Waals surface area contributed by atoms with Crippen LogP contribution in [0.4, 0.5) is 13.2 Å². The Balaban J connectivity index is 1.74. The summed E-state index contributed by atoms with van der Waals surface area (Å²) in [7, 11) is 0. The number of hydrogen-bond acceptors (Lipinski definition) is 4. The molecule has 5 nitrogen and oxygen atoms in total. The lowest BCUT2D eigenvalue weighted by Crippen LogP contribution is -2.32. The first-order valence-corrected chi connectivity index (χ1v) is 7.46. The summed E-state index contributed by atoms with van der Waals surface area (Å²) in [5.41, 5.74) is 0.246. The van der Waals surface area contributed by atoms with E-state index in [0.717, 1.165) is 12.1 Å². The maximum Gasteiger partial charge on any atom is 0.454 e. The fourth-order valence-electron chi connectivity index (χ4n) is 2.53. The summed E-state index contributed by atoms with van der Waals surface area (Å²) in [4.78, 5) is 27.7. The van der Waals surface area contributed by atoms with E-state index >= 15 is 0 Å². The Labute approximate surface area is 140 Å². The molecule has 0 saturated carbocycles. The number of pyridine rings is 1. The van der Waals surface area contributed by atoms with Gasteiger partial charge in [-0.2, -0.15) is 13.2 Å². The average molecular weight is 350 g/mol. The van der Waals surface area contributed by atoms with Crippen LogP contribution >= 0.6 is 0 Å². The molecule has 130 valence electrons. The Morgan fingerprint density at radius 1 is 1.12 bits per heavy atom. The number of nitrogens with zero attached hydrogens (tertiary/aromatic N) is 1. The van der Waals surface area contributed by atoms with E-state index in [1.165, 1.54) is 12.1 Å². The van der Waals surface area contributed by atoms with Crippen LogP contribution < -0.4 is 10.1 Å². The Hall–Kier alpha value is -2.90. The highest BCUT2D eigenvalue weighted by atomic mass is 19.4. The maximum atomic E-state index is 12.4. The quantitative estimate of drug-likeness (QED) is 0.864. The molecule has 1 amide bonds. The number of carbonyl (C=O) groups is 2. The minimum Gasteiger partial charge on any atom is -0.491 e. The van der Waals surface area contributed by atoms with Crippen LogP contribution in [0.15, 0.2) is 42.6 Å². The number of fused-ring (bicyclic) bond motifs is 1. The second-order valence-corrected chi connectivity index (χ2v) is 5.45. The highest BCUT2D eigenvalue weighted by Gasteiger charge is 2.39. The molecular formula is C17H13F3N2O3. The third-order valence-electron chi connectivity index (χ3n) is 3.77. The molecular weight excluding hydrogens is 337 g/mol. The number of nitrogens with one attached hydrogen (secondary N) is 1. The lowest BCUT2D eigenvalue weighted by Gasteiger charge is -2.25. The van der Waals surface area contributed by atoms with Crippen molar-refractivity contribution in [2.75, 3.05) is 6.61 Å². The Kier molecular flexibility index (Phi) is 4.43. The van der Waals surface area contributed by atoms with E-state index < -0.39 is 23.4 Å². The van der Waals surface area contributed by atoms with Crippen molar-refractivity contribution < 1.29 is 27.5 Å². The van der Waals surface area contributed by atoms with Gasteiger partial charge in [-0.25, -0.2) is 0 Å². The minimum atomic E-state index is -4.94. The number of alkyl halides is 3. The first-order valence-electron chi connectivity index (χ1n) is 7.46. The zero-order valence-corrected chi connectivity index (χ0v) is 12.8. The molecule has 0 fully saturated rings. The van der Waals surface area contributed by atoms with Crippen molar-refractivity contribution in [2.45, 2.75) is 18.6 Å². The van der Waals surface area contributed by atoms with E-state index in [9.17, 15) is 22.8 Å². The fourth-order valence-corrected chi connectivity index (χ4v) is 2.53. The molecule has 1 unspecified atom stereocenters. The number of ether oxygens (including phenoxy) is 1. The Morgan fingerprint density at radius 3 is 2.48 bits per heavy atom. The molecule has 3 rings (SSSR count). The highest BCUT2D eigenvalue weighted by Crippen LogP contribution is 2.29. The molecule has 1 N–H and O–H groups in total. The van der Waals surface area contributed by atoms with Gasteiger partial charge in [-0.05, 0) is 24.3 Å². The summed E-state index contributed by atoms with van der Waals surface area (Å²) in [6, 6.07) is 7.47. The molecule has 1 aliphatic rings. The van der Waals surface area contributed by atoms with Crippen molar-refractivity contribution in [1.29, 1.82) is 0 Å². The molecule has 0 saturated heterocycles. The van der Waals surface area contributed by atoms with Crippen LogP contribution in [0.2, 0.25) is 0 Å². The Morgan fingerprint density at radius 2 is 1.80 bits per heavy atom. The van der Waals surface area contributed by atoms with Crippen molar-refractivity contribution in [3.63, 3.8) is 0 Å². The van der Waals surface area contributed by atoms with Gasteiger partial charge in [-0.15, -0.1) is 0 Å². The lowest BCUT2D eigenvalue weighted by atomic mass is 10.0. The van der Waals surface area contributed by atoms with E-state index in [1.807, 2.05) is 0 Å². The lowest BCUT2D eigenvalue weighted by molar-refractivity contribution is -0.0885. The SMILES string of the molecule is O=C(NC1CCOc2cccnc21)c1ccc(C(=O)C(F)(F)F)cc1. The number of carbonyl (C=O) groups excluding carboxylic acids is 2. The molecule has 0 radical (unpaired) electrons. The van der Waals surface area contributed by atoms with Crippen molar-refractivity contribution in [3.05, 3.63) is 59.4 Å². The summed E-state index contributed by atoms with van der Waals surface area (Å²) in [5.74, 6) is -1.82. The van der Waals surface area contributed by atoms with E-state index in [2.05, 4.69) is 10.3 Å². The van der Waals surface area contributed by atoms with Gasteiger partial charge in [-0.1, -0.05) is 12.1 Å². The topological polar surface area (TPSA) is 68.3 Å². The normalized spacial score (nSPS) is 16.5. The largest absolute Gasteiger partial charge is 0.491 e. The summed E-state index contributed by atoms with van der Waals surface area (Å²) in [5, 5.41) is 2.78. The van der Waals surface area contributed by atoms with Crippen LogP contribution in [0.1, 0.15) is 38.9 Å². The summed E-state index contributed by atoms with van der Waals surface area (Å²) in [6.45, 7) is 0.419. The number of rotatable bonds is 3. The molecule has 8 heteroatoms.